The van der Waals surface area contributed by atoms with Gasteiger partial charge in [0.15, 0.2) is 0 Å². The van der Waals surface area contributed by atoms with E-state index in [2.05, 4.69) is 6.92 Å². The molecule has 0 saturated carbocycles. The number of likely N-dealkylation sites (N-methyl/N-ethyl adjacent to an activating group) is 1. The van der Waals surface area contributed by atoms with Crippen molar-refractivity contribution in [1.82, 2.24) is 14.7 Å². The molecule has 4 aliphatic heterocycles. The number of aliphatic hydroxyl groups excluding tert-OH is 1. The predicted octanol–water partition coefficient (Wildman–Crippen LogP) is 1.74. The highest BCUT2D eigenvalue weighted by atomic mass is 16.5. The van der Waals surface area contributed by atoms with Crippen molar-refractivity contribution in [3.8, 4) is 0 Å². The lowest BCUT2D eigenvalue weighted by molar-refractivity contribution is -0.155. The van der Waals surface area contributed by atoms with Crippen molar-refractivity contribution in [2.45, 2.75) is 76.2 Å². The van der Waals surface area contributed by atoms with E-state index in [1.54, 1.807) is 16.8 Å². The minimum absolute atomic E-state index is 0.0287. The fraction of sp³-hybridized carbons (Fsp3) is 0.731. The number of nitrogens with zero attached hydrogens (tertiary/aromatic N) is 3. The van der Waals surface area contributed by atoms with Gasteiger partial charge >= 0.3 is 0 Å². The van der Waals surface area contributed by atoms with Gasteiger partial charge in [0.25, 0.3) is 0 Å². The van der Waals surface area contributed by atoms with Crippen LogP contribution in [0.15, 0.2) is 24.3 Å². The lowest BCUT2D eigenvalue weighted by Crippen LogP contribution is -2.57. The lowest BCUT2D eigenvalue weighted by Gasteiger charge is -2.39. The molecule has 2 unspecified atom stereocenters. The smallest absolute Gasteiger partial charge is 0.249 e. The number of fused-ring (bicyclic) bond motifs is 2. The Morgan fingerprint density at radius 3 is 2.47 bits per heavy atom. The normalized spacial score (nSPS) is 35.9. The molecule has 2 fully saturated rings. The van der Waals surface area contributed by atoms with E-state index in [0.29, 0.717) is 38.9 Å². The summed E-state index contributed by atoms with van der Waals surface area (Å²) in [5.74, 6) is -1.86. The molecule has 1 N–H and O–H groups in total. The van der Waals surface area contributed by atoms with E-state index in [-0.39, 0.29) is 30.4 Å². The van der Waals surface area contributed by atoms with Gasteiger partial charge in [0, 0.05) is 39.3 Å². The third-order valence-electron chi connectivity index (χ3n) is 8.22. The van der Waals surface area contributed by atoms with Gasteiger partial charge in [-0.25, -0.2) is 0 Å². The summed E-state index contributed by atoms with van der Waals surface area (Å²) < 4.78 is 6.88. The second-order valence-corrected chi connectivity index (χ2v) is 10.2. The Morgan fingerprint density at radius 1 is 1.06 bits per heavy atom. The van der Waals surface area contributed by atoms with Crippen LogP contribution in [0.3, 0.4) is 0 Å². The molecule has 0 aliphatic carbocycles. The Hall–Kier alpha value is -2.19. The van der Waals surface area contributed by atoms with Crippen LogP contribution in [0.2, 0.25) is 0 Å². The Labute approximate surface area is 202 Å². The SMILES string of the molecule is CCCC(C)N1CC=C[C@]23O[C@]4(CC)C=CCN(C)C(=O)[C@@H]4[C@H]2C(=O)N(CCCCO)C3C1=O. The Bertz CT molecular complexity index is 888. The molecule has 8 heteroatoms. The molecule has 0 radical (unpaired) electrons. The number of amides is 3. The zero-order chi connectivity index (χ0) is 24.7. The number of hydrogen-bond acceptors (Lipinski definition) is 5. The van der Waals surface area contributed by atoms with Crippen LogP contribution in [0.25, 0.3) is 0 Å². The minimum atomic E-state index is -1.19. The summed E-state index contributed by atoms with van der Waals surface area (Å²) >= 11 is 0. The van der Waals surface area contributed by atoms with Crippen molar-refractivity contribution in [3.05, 3.63) is 24.3 Å². The number of hydrogen-bond donors (Lipinski definition) is 1. The van der Waals surface area contributed by atoms with Crippen LogP contribution in [-0.4, -0.2) is 94.1 Å². The largest absolute Gasteiger partial charge is 0.396 e. The van der Waals surface area contributed by atoms with E-state index in [1.807, 2.05) is 43.1 Å². The van der Waals surface area contributed by atoms with Gasteiger partial charge in [-0.05, 0) is 32.6 Å². The Morgan fingerprint density at radius 2 is 1.79 bits per heavy atom. The van der Waals surface area contributed by atoms with Crippen molar-refractivity contribution in [2.24, 2.45) is 11.8 Å². The molecule has 0 aromatic carbocycles. The van der Waals surface area contributed by atoms with E-state index < -0.39 is 29.1 Å². The highest BCUT2D eigenvalue weighted by molar-refractivity contribution is 6.00. The summed E-state index contributed by atoms with van der Waals surface area (Å²) in [6.45, 7) is 7.43. The van der Waals surface area contributed by atoms with Crippen LogP contribution in [-0.2, 0) is 19.1 Å². The number of carbonyl (C=O) groups is 3. The first-order valence-electron chi connectivity index (χ1n) is 12.8. The molecule has 6 atom stereocenters. The molecule has 4 heterocycles. The highest BCUT2D eigenvalue weighted by Gasteiger charge is 2.75. The summed E-state index contributed by atoms with van der Waals surface area (Å²) in [4.78, 5) is 47.0. The quantitative estimate of drug-likeness (QED) is 0.428. The van der Waals surface area contributed by atoms with Crippen LogP contribution >= 0.6 is 0 Å². The fourth-order valence-corrected chi connectivity index (χ4v) is 6.50. The van der Waals surface area contributed by atoms with Gasteiger partial charge in [-0.3, -0.25) is 14.4 Å². The van der Waals surface area contributed by atoms with Crippen LogP contribution in [0, 0.1) is 11.8 Å². The molecular weight excluding hydrogens is 434 g/mol. The van der Waals surface area contributed by atoms with Gasteiger partial charge in [0.2, 0.25) is 17.7 Å². The molecule has 34 heavy (non-hydrogen) atoms. The number of carbonyl (C=O) groups excluding carboxylic acids is 3. The van der Waals surface area contributed by atoms with Crippen molar-refractivity contribution in [1.29, 1.82) is 0 Å². The van der Waals surface area contributed by atoms with Crippen LogP contribution in [0.1, 0.15) is 52.9 Å². The molecule has 4 aliphatic rings. The molecule has 0 bridgehead atoms. The molecule has 8 nitrogen and oxygen atoms in total. The van der Waals surface area contributed by atoms with Gasteiger partial charge in [-0.15, -0.1) is 0 Å². The number of aliphatic hydroxyl groups is 1. The fourth-order valence-electron chi connectivity index (χ4n) is 6.50. The molecule has 0 aromatic heterocycles. The maximum absolute atomic E-state index is 14.1. The highest BCUT2D eigenvalue weighted by Crippen LogP contribution is 2.58. The molecule has 4 rings (SSSR count). The summed E-state index contributed by atoms with van der Waals surface area (Å²) in [5.41, 5.74) is -2.11. The second-order valence-electron chi connectivity index (χ2n) is 10.2. The van der Waals surface area contributed by atoms with Crippen molar-refractivity contribution in [3.63, 3.8) is 0 Å². The predicted molar refractivity (Wildman–Crippen MR) is 128 cm³/mol. The molecule has 188 valence electrons. The van der Waals surface area contributed by atoms with Crippen molar-refractivity contribution < 1.29 is 24.2 Å². The van der Waals surface area contributed by atoms with Crippen molar-refractivity contribution in [2.75, 3.05) is 33.3 Å². The van der Waals surface area contributed by atoms with Gasteiger partial charge in [-0.2, -0.15) is 0 Å². The minimum Gasteiger partial charge on any atom is -0.396 e. The molecular formula is C26H39N3O5. The summed E-state index contributed by atoms with van der Waals surface area (Å²) in [7, 11) is 1.75. The second kappa shape index (κ2) is 9.46. The monoisotopic (exact) mass is 473 g/mol. The zero-order valence-corrected chi connectivity index (χ0v) is 20.9. The molecule has 0 aromatic rings. The number of unbranched alkanes of at least 4 members (excludes halogenated alkanes) is 1. The van der Waals surface area contributed by atoms with E-state index >= 15 is 0 Å². The summed E-state index contributed by atoms with van der Waals surface area (Å²) in [6, 6.07) is -0.783. The van der Waals surface area contributed by atoms with E-state index in [4.69, 9.17) is 4.74 Å². The zero-order valence-electron chi connectivity index (χ0n) is 20.9. The van der Waals surface area contributed by atoms with Crippen LogP contribution in [0.5, 0.6) is 0 Å². The molecule has 1 spiro atoms. The lowest BCUT2D eigenvalue weighted by atomic mass is 9.73. The Balaban J connectivity index is 1.84. The standard InChI is InChI=1S/C26H39N3O5/c1-5-11-18(3)28-16-10-13-26-20(23(32)29(15-7-8-17-30)21(26)24(28)33)19-22(31)27(4)14-9-12-25(19,6-2)34-26/h9-10,12-13,18-21,30H,5-8,11,14-17H2,1-4H3/t18?,19-,20-,21?,25+,26-/m0/s1. The third kappa shape index (κ3) is 3.61. The summed E-state index contributed by atoms with van der Waals surface area (Å²) in [5, 5.41) is 9.31. The third-order valence-corrected chi connectivity index (χ3v) is 8.22. The first-order valence-corrected chi connectivity index (χ1v) is 12.8. The van der Waals surface area contributed by atoms with Crippen LogP contribution in [0.4, 0.5) is 0 Å². The number of rotatable bonds is 8. The first-order chi connectivity index (χ1) is 16.3. The van der Waals surface area contributed by atoms with Crippen molar-refractivity contribution >= 4 is 17.7 Å². The summed E-state index contributed by atoms with van der Waals surface area (Å²) in [6.07, 6.45) is 11.2. The van der Waals surface area contributed by atoms with Gasteiger partial charge < -0.3 is 24.5 Å². The topological polar surface area (TPSA) is 90.4 Å². The first kappa shape index (κ1) is 24.9. The average molecular weight is 474 g/mol. The van der Waals surface area contributed by atoms with Gasteiger partial charge in [-0.1, -0.05) is 44.6 Å². The maximum atomic E-state index is 14.1. The van der Waals surface area contributed by atoms with Gasteiger partial charge in [0.1, 0.15) is 11.6 Å². The van der Waals surface area contributed by atoms with Crippen LogP contribution < -0.4 is 0 Å². The number of ether oxygens (including phenoxy) is 1. The molecule has 2 saturated heterocycles. The number of likely N-dealkylation sites (tertiary alicyclic amines) is 1. The van der Waals surface area contributed by atoms with E-state index in [9.17, 15) is 19.5 Å². The average Bonchev–Trinajstić information content (AvgIpc) is 3.10. The van der Waals surface area contributed by atoms with Gasteiger partial charge in [0.05, 0.1) is 17.4 Å². The van der Waals surface area contributed by atoms with E-state index in [1.165, 1.54) is 0 Å². The maximum Gasteiger partial charge on any atom is 0.249 e. The van der Waals surface area contributed by atoms with E-state index in [0.717, 1.165) is 12.8 Å². The molecule has 3 amide bonds. The Kier molecular flexibility index (Phi) is 6.93.